The molecule has 0 N–H and O–H groups in total. The number of pyridine rings is 1. The first-order valence-electron chi connectivity index (χ1n) is 6.01. The summed E-state index contributed by atoms with van der Waals surface area (Å²) in [5.74, 6) is 8.05. The van der Waals surface area contributed by atoms with E-state index in [1.165, 1.54) is 0 Å². The van der Waals surface area contributed by atoms with Crippen molar-refractivity contribution in [3.63, 3.8) is 0 Å². The smallest absolute Gasteiger partial charge is 0.156 e. The van der Waals surface area contributed by atoms with E-state index in [0.717, 1.165) is 11.3 Å². The van der Waals surface area contributed by atoms with Gasteiger partial charge in [-0.2, -0.15) is 0 Å². The molecule has 1 aromatic heterocycles. The summed E-state index contributed by atoms with van der Waals surface area (Å²) in [7, 11) is 4.79. The second-order valence-corrected chi connectivity index (χ2v) is 3.90. The monoisotopic (exact) mass is 269 g/mol. The minimum Gasteiger partial charge on any atom is -0.497 e. The molecule has 0 saturated heterocycles. The predicted molar refractivity (Wildman–Crippen MR) is 76.3 cm³/mol. The lowest BCUT2D eigenvalue weighted by atomic mass is 10.2. The number of benzene rings is 1. The number of ether oxygens (including phenoxy) is 3. The average Bonchev–Trinajstić information content (AvgIpc) is 2.53. The van der Waals surface area contributed by atoms with Gasteiger partial charge in [0.1, 0.15) is 11.5 Å². The topological polar surface area (TPSA) is 40.6 Å². The van der Waals surface area contributed by atoms with Crippen molar-refractivity contribution >= 4 is 0 Å². The van der Waals surface area contributed by atoms with Crippen LogP contribution in [0.1, 0.15) is 11.3 Å². The fourth-order valence-corrected chi connectivity index (χ4v) is 1.59. The van der Waals surface area contributed by atoms with Crippen molar-refractivity contribution in [3.05, 3.63) is 47.8 Å². The van der Waals surface area contributed by atoms with E-state index >= 15 is 0 Å². The second-order valence-electron chi connectivity index (χ2n) is 3.90. The summed E-state index contributed by atoms with van der Waals surface area (Å²) < 4.78 is 15.4. The van der Waals surface area contributed by atoms with Gasteiger partial charge in [0.25, 0.3) is 0 Å². The number of hydrogen-bond acceptors (Lipinski definition) is 4. The van der Waals surface area contributed by atoms with Crippen LogP contribution in [0.4, 0.5) is 0 Å². The molecule has 1 heterocycles. The lowest BCUT2D eigenvalue weighted by molar-refractivity contribution is 0.390. The third-order valence-electron chi connectivity index (χ3n) is 2.70. The Morgan fingerprint density at radius 2 is 1.55 bits per heavy atom. The summed E-state index contributed by atoms with van der Waals surface area (Å²) in [6.07, 6.45) is 1.61. The Bertz CT molecular complexity index is 639. The maximum atomic E-state index is 5.25. The highest BCUT2D eigenvalue weighted by Crippen LogP contribution is 2.21. The Hall–Kier alpha value is -2.67. The zero-order valence-corrected chi connectivity index (χ0v) is 11.6. The standard InChI is InChI=1S/C16H15NO3/c1-18-13-7-4-12(5-8-13)6-9-15-16(20-3)10-14(19-2)11-17-15/h4-5,7-8,10-11H,1-3H3. The summed E-state index contributed by atoms with van der Waals surface area (Å²) in [4.78, 5) is 4.22. The van der Waals surface area contributed by atoms with Crippen LogP contribution in [-0.2, 0) is 0 Å². The van der Waals surface area contributed by atoms with Gasteiger partial charge in [0, 0.05) is 11.6 Å². The zero-order chi connectivity index (χ0) is 14.4. The molecular weight excluding hydrogens is 254 g/mol. The summed E-state index contributed by atoms with van der Waals surface area (Å²) >= 11 is 0. The number of methoxy groups -OCH3 is 3. The van der Waals surface area contributed by atoms with Crippen molar-refractivity contribution < 1.29 is 14.2 Å². The first-order chi connectivity index (χ1) is 9.76. The Morgan fingerprint density at radius 3 is 2.15 bits per heavy atom. The van der Waals surface area contributed by atoms with E-state index in [-0.39, 0.29) is 0 Å². The minimum absolute atomic E-state index is 0.573. The third-order valence-corrected chi connectivity index (χ3v) is 2.70. The highest BCUT2D eigenvalue weighted by Gasteiger charge is 2.03. The first-order valence-corrected chi connectivity index (χ1v) is 6.01. The molecule has 0 aliphatic heterocycles. The van der Waals surface area contributed by atoms with Gasteiger partial charge in [0.05, 0.1) is 27.5 Å². The highest BCUT2D eigenvalue weighted by molar-refractivity contribution is 5.48. The number of aromatic nitrogens is 1. The van der Waals surface area contributed by atoms with Gasteiger partial charge in [0.2, 0.25) is 0 Å². The van der Waals surface area contributed by atoms with Crippen molar-refractivity contribution in [1.82, 2.24) is 4.98 Å². The van der Waals surface area contributed by atoms with Crippen molar-refractivity contribution in [1.29, 1.82) is 0 Å². The average molecular weight is 269 g/mol. The number of hydrogen-bond donors (Lipinski definition) is 0. The van der Waals surface area contributed by atoms with Crippen LogP contribution < -0.4 is 14.2 Å². The first kappa shape index (κ1) is 13.8. The Morgan fingerprint density at radius 1 is 0.850 bits per heavy atom. The van der Waals surface area contributed by atoms with Crippen LogP contribution in [0.2, 0.25) is 0 Å². The van der Waals surface area contributed by atoms with Crippen molar-refractivity contribution in [2.75, 3.05) is 21.3 Å². The van der Waals surface area contributed by atoms with Crippen LogP contribution in [0.3, 0.4) is 0 Å². The molecular formula is C16H15NO3. The largest absolute Gasteiger partial charge is 0.497 e. The highest BCUT2D eigenvalue weighted by atomic mass is 16.5. The fraction of sp³-hybridized carbons (Fsp3) is 0.188. The molecule has 0 fully saturated rings. The molecule has 0 radical (unpaired) electrons. The lowest BCUT2D eigenvalue weighted by Crippen LogP contribution is -1.93. The van der Waals surface area contributed by atoms with Gasteiger partial charge >= 0.3 is 0 Å². The molecule has 0 unspecified atom stereocenters. The van der Waals surface area contributed by atoms with Crippen LogP contribution in [0.5, 0.6) is 17.2 Å². The van der Waals surface area contributed by atoms with Gasteiger partial charge in [-0.05, 0) is 30.2 Å². The van der Waals surface area contributed by atoms with E-state index < -0.39 is 0 Å². The molecule has 0 bridgehead atoms. The van der Waals surface area contributed by atoms with E-state index in [0.29, 0.717) is 17.2 Å². The molecule has 20 heavy (non-hydrogen) atoms. The minimum atomic E-state index is 0.573. The van der Waals surface area contributed by atoms with Gasteiger partial charge in [-0.15, -0.1) is 0 Å². The predicted octanol–water partition coefficient (Wildman–Crippen LogP) is 2.51. The summed E-state index contributed by atoms with van der Waals surface area (Å²) in [5, 5.41) is 0. The van der Waals surface area contributed by atoms with Gasteiger partial charge in [0.15, 0.2) is 11.4 Å². The summed E-state index contributed by atoms with van der Waals surface area (Å²) in [6.45, 7) is 0. The van der Waals surface area contributed by atoms with E-state index in [1.54, 1.807) is 33.6 Å². The molecule has 1 aromatic carbocycles. The van der Waals surface area contributed by atoms with E-state index in [9.17, 15) is 0 Å². The molecule has 4 heteroatoms. The van der Waals surface area contributed by atoms with Crippen molar-refractivity contribution in [2.24, 2.45) is 0 Å². The van der Waals surface area contributed by atoms with E-state index in [1.807, 2.05) is 24.3 Å². The molecule has 0 atom stereocenters. The van der Waals surface area contributed by atoms with E-state index in [4.69, 9.17) is 14.2 Å². The molecule has 0 aliphatic carbocycles. The van der Waals surface area contributed by atoms with Crippen molar-refractivity contribution in [3.8, 4) is 29.1 Å². The lowest BCUT2D eigenvalue weighted by Gasteiger charge is -2.04. The Balaban J connectivity index is 2.27. The quantitative estimate of drug-likeness (QED) is 0.803. The van der Waals surface area contributed by atoms with Crippen LogP contribution in [0, 0.1) is 11.8 Å². The van der Waals surface area contributed by atoms with Gasteiger partial charge < -0.3 is 14.2 Å². The third kappa shape index (κ3) is 3.21. The molecule has 0 aliphatic rings. The molecule has 2 aromatic rings. The molecule has 0 amide bonds. The molecule has 0 spiro atoms. The molecule has 2 rings (SSSR count). The van der Waals surface area contributed by atoms with Gasteiger partial charge in [-0.1, -0.05) is 5.92 Å². The Labute approximate surface area is 118 Å². The summed E-state index contributed by atoms with van der Waals surface area (Å²) in [6, 6.07) is 9.26. The van der Waals surface area contributed by atoms with Crippen LogP contribution in [0.25, 0.3) is 0 Å². The SMILES string of the molecule is COc1ccc(C#Cc2ncc(OC)cc2OC)cc1. The normalized spacial score (nSPS) is 9.35. The zero-order valence-electron chi connectivity index (χ0n) is 11.6. The molecule has 102 valence electrons. The molecule has 4 nitrogen and oxygen atoms in total. The van der Waals surface area contributed by atoms with Crippen molar-refractivity contribution in [2.45, 2.75) is 0 Å². The second kappa shape index (κ2) is 6.48. The number of nitrogens with zero attached hydrogens (tertiary/aromatic N) is 1. The van der Waals surface area contributed by atoms with Gasteiger partial charge in [-0.25, -0.2) is 4.98 Å². The number of rotatable bonds is 3. The maximum absolute atomic E-state index is 5.25. The van der Waals surface area contributed by atoms with Crippen LogP contribution in [0.15, 0.2) is 36.5 Å². The molecule has 0 saturated carbocycles. The van der Waals surface area contributed by atoms with Crippen LogP contribution >= 0.6 is 0 Å². The maximum Gasteiger partial charge on any atom is 0.156 e. The van der Waals surface area contributed by atoms with E-state index in [2.05, 4.69) is 16.8 Å². The van der Waals surface area contributed by atoms with Crippen LogP contribution in [-0.4, -0.2) is 26.3 Å². The van der Waals surface area contributed by atoms with Gasteiger partial charge in [-0.3, -0.25) is 0 Å². The Kier molecular flexibility index (Phi) is 4.46. The fourth-order valence-electron chi connectivity index (χ4n) is 1.59. The summed E-state index contributed by atoms with van der Waals surface area (Å²) in [5.41, 5.74) is 1.45.